The molecule has 2 aromatic rings. The molecule has 0 bridgehead atoms. The summed E-state index contributed by atoms with van der Waals surface area (Å²) in [6.07, 6.45) is 11.8. The fourth-order valence-electron chi connectivity index (χ4n) is 5.20. The Morgan fingerprint density at radius 1 is 0.621 bits per heavy atom. The van der Waals surface area contributed by atoms with Crippen molar-refractivity contribution in [1.29, 1.82) is 0 Å². The van der Waals surface area contributed by atoms with Crippen LogP contribution in [0.4, 0.5) is 22.7 Å². The molecule has 2 saturated heterocycles. The lowest BCUT2D eigenvalue weighted by atomic mass is 9.92. The van der Waals surface area contributed by atoms with Crippen molar-refractivity contribution in [3.8, 4) is 0 Å². The largest absolute Gasteiger partial charge is 0.399 e. The van der Waals surface area contributed by atoms with Crippen molar-refractivity contribution in [2.24, 2.45) is 0 Å². The molecule has 4 nitrogen and oxygen atoms in total. The van der Waals surface area contributed by atoms with Crippen molar-refractivity contribution < 1.29 is 0 Å². The smallest absolute Gasteiger partial charge is 0.0370 e. The van der Waals surface area contributed by atoms with Crippen LogP contribution in [0.1, 0.15) is 57.8 Å². The quantitative estimate of drug-likeness (QED) is 0.643. The molecule has 2 unspecified atom stereocenters. The van der Waals surface area contributed by atoms with Crippen LogP contribution in [0.3, 0.4) is 0 Å². The molecule has 0 aromatic heterocycles. The summed E-state index contributed by atoms with van der Waals surface area (Å²) in [5, 5.41) is 0. The lowest BCUT2D eigenvalue weighted by Crippen LogP contribution is -2.41. The number of benzene rings is 2. The second-order valence-electron chi connectivity index (χ2n) is 8.80. The zero-order chi connectivity index (χ0) is 20.1. The number of anilines is 4. The maximum atomic E-state index is 5.89. The van der Waals surface area contributed by atoms with Gasteiger partial charge in [-0.05, 0) is 106 Å². The Kier molecular flexibility index (Phi) is 6.48. The van der Waals surface area contributed by atoms with Gasteiger partial charge in [0.1, 0.15) is 0 Å². The number of nitrogen functional groups attached to an aromatic ring is 2. The van der Waals surface area contributed by atoms with E-state index >= 15 is 0 Å². The Bertz CT molecular complexity index is 690. The number of hydrogen-bond acceptors (Lipinski definition) is 4. The van der Waals surface area contributed by atoms with Crippen LogP contribution in [-0.2, 0) is 0 Å². The third kappa shape index (κ3) is 4.98. The van der Waals surface area contributed by atoms with Crippen LogP contribution >= 0.6 is 0 Å². The van der Waals surface area contributed by atoms with E-state index in [1.165, 1.54) is 82.3 Å². The summed E-state index contributed by atoms with van der Waals surface area (Å²) >= 11 is 0. The maximum Gasteiger partial charge on any atom is 0.0370 e. The van der Waals surface area contributed by atoms with Crippen LogP contribution in [0.25, 0.3) is 0 Å². The van der Waals surface area contributed by atoms with Crippen molar-refractivity contribution in [3.05, 3.63) is 48.5 Å². The molecule has 2 aliphatic rings. The van der Waals surface area contributed by atoms with Gasteiger partial charge in [0, 0.05) is 47.9 Å². The highest BCUT2D eigenvalue weighted by atomic mass is 15.2. The second kappa shape index (κ2) is 9.43. The molecule has 2 aliphatic heterocycles. The van der Waals surface area contributed by atoms with Gasteiger partial charge in [0.25, 0.3) is 0 Å². The third-order valence-corrected chi connectivity index (χ3v) is 6.78. The van der Waals surface area contributed by atoms with Crippen molar-refractivity contribution in [2.45, 2.75) is 69.9 Å². The normalized spacial score (nSPS) is 22.6. The van der Waals surface area contributed by atoms with Crippen molar-refractivity contribution >= 4 is 22.7 Å². The Balaban J connectivity index is 1.35. The molecular formula is C25H36N4. The maximum absolute atomic E-state index is 5.89. The van der Waals surface area contributed by atoms with Crippen LogP contribution in [0.2, 0.25) is 0 Å². The van der Waals surface area contributed by atoms with Gasteiger partial charge in [0.15, 0.2) is 0 Å². The highest BCUT2D eigenvalue weighted by molar-refractivity contribution is 5.55. The molecule has 2 heterocycles. The molecular weight excluding hydrogens is 356 g/mol. The SMILES string of the molecule is Nc1ccc(N2CCCCC2CCCC2CCCCN2c2ccc(N)cc2)cc1. The first-order chi connectivity index (χ1) is 14.2. The van der Waals surface area contributed by atoms with Gasteiger partial charge in [-0.15, -0.1) is 0 Å². The van der Waals surface area contributed by atoms with Crippen LogP contribution in [0.15, 0.2) is 48.5 Å². The molecule has 4 N–H and O–H groups in total. The van der Waals surface area contributed by atoms with Gasteiger partial charge in [-0.1, -0.05) is 0 Å². The van der Waals surface area contributed by atoms with E-state index in [2.05, 4.69) is 34.1 Å². The second-order valence-corrected chi connectivity index (χ2v) is 8.80. The zero-order valence-electron chi connectivity index (χ0n) is 17.6. The standard InChI is InChI=1S/C25H36N4/c26-20-10-14-24(15-11-20)28-18-3-1-6-22(28)8-5-9-23-7-2-4-19-29(23)25-16-12-21(27)13-17-25/h10-17,22-23H,1-9,18-19,26-27H2. The summed E-state index contributed by atoms with van der Waals surface area (Å²) in [7, 11) is 0. The summed E-state index contributed by atoms with van der Waals surface area (Å²) in [6, 6.07) is 18.2. The molecule has 156 valence electrons. The fourth-order valence-corrected chi connectivity index (χ4v) is 5.20. The Morgan fingerprint density at radius 2 is 1.03 bits per heavy atom. The van der Waals surface area contributed by atoms with Crippen LogP contribution in [0, 0.1) is 0 Å². The molecule has 4 heteroatoms. The summed E-state index contributed by atoms with van der Waals surface area (Å²) in [4.78, 5) is 5.25. The molecule has 0 saturated carbocycles. The summed E-state index contributed by atoms with van der Waals surface area (Å²) in [5.74, 6) is 0. The van der Waals surface area contributed by atoms with Crippen molar-refractivity contribution in [1.82, 2.24) is 0 Å². The van der Waals surface area contributed by atoms with E-state index in [1.54, 1.807) is 0 Å². The Labute approximate surface area is 175 Å². The molecule has 4 rings (SSSR count). The average Bonchev–Trinajstić information content (AvgIpc) is 2.76. The first-order valence-electron chi connectivity index (χ1n) is 11.4. The van der Waals surface area contributed by atoms with Gasteiger partial charge < -0.3 is 21.3 Å². The monoisotopic (exact) mass is 392 g/mol. The predicted molar refractivity (Wildman–Crippen MR) is 126 cm³/mol. The van der Waals surface area contributed by atoms with E-state index in [1.807, 2.05) is 24.3 Å². The molecule has 0 radical (unpaired) electrons. The molecule has 0 spiro atoms. The summed E-state index contributed by atoms with van der Waals surface area (Å²) in [6.45, 7) is 2.35. The molecule has 2 fully saturated rings. The molecule has 0 aliphatic carbocycles. The third-order valence-electron chi connectivity index (χ3n) is 6.78. The van der Waals surface area contributed by atoms with Crippen molar-refractivity contribution in [3.63, 3.8) is 0 Å². The van der Waals surface area contributed by atoms with Gasteiger partial charge in [-0.25, -0.2) is 0 Å². The number of nitrogens with two attached hydrogens (primary N) is 2. The van der Waals surface area contributed by atoms with E-state index < -0.39 is 0 Å². The van der Waals surface area contributed by atoms with Crippen LogP contribution in [0.5, 0.6) is 0 Å². The molecule has 29 heavy (non-hydrogen) atoms. The predicted octanol–water partition coefficient (Wildman–Crippen LogP) is 5.44. The molecule has 2 aromatic carbocycles. The van der Waals surface area contributed by atoms with Crippen molar-refractivity contribution in [2.75, 3.05) is 34.4 Å². The average molecular weight is 393 g/mol. The minimum Gasteiger partial charge on any atom is -0.399 e. The van der Waals surface area contributed by atoms with Gasteiger partial charge in [-0.3, -0.25) is 0 Å². The van der Waals surface area contributed by atoms with Crippen LogP contribution < -0.4 is 21.3 Å². The van der Waals surface area contributed by atoms with E-state index in [0.717, 1.165) is 11.4 Å². The summed E-state index contributed by atoms with van der Waals surface area (Å²) in [5.41, 5.74) is 16.2. The number of hydrogen-bond donors (Lipinski definition) is 2. The zero-order valence-corrected chi connectivity index (χ0v) is 17.6. The first kappa shape index (κ1) is 19.9. The lowest BCUT2D eigenvalue weighted by molar-refractivity contribution is 0.388. The number of rotatable bonds is 6. The van der Waals surface area contributed by atoms with Gasteiger partial charge in [-0.2, -0.15) is 0 Å². The number of nitrogens with zero attached hydrogens (tertiary/aromatic N) is 2. The lowest BCUT2D eigenvalue weighted by Gasteiger charge is -2.40. The van der Waals surface area contributed by atoms with E-state index in [0.29, 0.717) is 12.1 Å². The Hall–Kier alpha value is -2.36. The summed E-state index contributed by atoms with van der Waals surface area (Å²) < 4.78 is 0. The molecule has 2 atom stereocenters. The minimum absolute atomic E-state index is 0.668. The van der Waals surface area contributed by atoms with Gasteiger partial charge in [0.05, 0.1) is 0 Å². The molecule has 0 amide bonds. The van der Waals surface area contributed by atoms with Gasteiger partial charge in [0.2, 0.25) is 0 Å². The Morgan fingerprint density at radius 3 is 1.45 bits per heavy atom. The van der Waals surface area contributed by atoms with Gasteiger partial charge >= 0.3 is 0 Å². The minimum atomic E-state index is 0.668. The van der Waals surface area contributed by atoms with E-state index in [4.69, 9.17) is 11.5 Å². The first-order valence-corrected chi connectivity index (χ1v) is 11.4. The highest BCUT2D eigenvalue weighted by Gasteiger charge is 2.25. The highest BCUT2D eigenvalue weighted by Crippen LogP contribution is 2.31. The number of piperidine rings is 2. The topological polar surface area (TPSA) is 58.5 Å². The van der Waals surface area contributed by atoms with E-state index in [9.17, 15) is 0 Å². The fraction of sp³-hybridized carbons (Fsp3) is 0.520. The van der Waals surface area contributed by atoms with Crippen LogP contribution in [-0.4, -0.2) is 25.2 Å². The van der Waals surface area contributed by atoms with E-state index in [-0.39, 0.29) is 0 Å².